The zero-order valence-electron chi connectivity index (χ0n) is 14.9. The molecule has 3 rings (SSSR count). The summed E-state index contributed by atoms with van der Waals surface area (Å²) in [6.45, 7) is 1.76. The number of para-hydroxylation sites is 1. The molecule has 0 spiro atoms. The number of phenolic OH excluding ortho intramolecular Hbond substituents is 1. The summed E-state index contributed by atoms with van der Waals surface area (Å²) < 4.78 is 5.29. The summed E-state index contributed by atoms with van der Waals surface area (Å²) in [4.78, 5) is 41.4. The van der Waals surface area contributed by atoms with Crippen LogP contribution in [-0.2, 0) is 4.74 Å². The number of benzene rings is 2. The maximum atomic E-state index is 12.6. The van der Waals surface area contributed by atoms with E-state index < -0.39 is 29.7 Å². The van der Waals surface area contributed by atoms with E-state index in [-0.39, 0.29) is 23.4 Å². The third kappa shape index (κ3) is 4.09. The van der Waals surface area contributed by atoms with Crippen molar-refractivity contribution in [1.82, 2.24) is 4.98 Å². The largest absolute Gasteiger partial charge is 0.506 e. The van der Waals surface area contributed by atoms with Crippen molar-refractivity contribution >= 4 is 44.4 Å². The number of nitrogens with zero attached hydrogens (tertiary/aromatic N) is 1. The van der Waals surface area contributed by atoms with Crippen LogP contribution >= 0.6 is 15.9 Å². The zero-order chi connectivity index (χ0) is 20.3. The van der Waals surface area contributed by atoms with E-state index in [1.165, 1.54) is 12.1 Å². The lowest BCUT2D eigenvalue weighted by atomic mass is 10.0. The minimum Gasteiger partial charge on any atom is -0.506 e. The average Bonchev–Trinajstić information content (AvgIpc) is 2.69. The number of fused-ring (bicyclic) bond motifs is 1. The summed E-state index contributed by atoms with van der Waals surface area (Å²) in [5.74, 6) is -2.36. The Balaban J connectivity index is 1.87. The predicted molar refractivity (Wildman–Crippen MR) is 107 cm³/mol. The highest BCUT2D eigenvalue weighted by Crippen LogP contribution is 2.29. The van der Waals surface area contributed by atoms with Crippen molar-refractivity contribution in [2.75, 3.05) is 6.61 Å². The van der Waals surface area contributed by atoms with Gasteiger partial charge in [0, 0.05) is 9.86 Å². The summed E-state index contributed by atoms with van der Waals surface area (Å²) in [7, 11) is 0. The molecular weight excluding hydrogens is 426 g/mol. The number of aromatic hydroxyl groups is 1. The van der Waals surface area contributed by atoms with Crippen LogP contribution in [0.4, 0.5) is 0 Å². The molecule has 0 unspecified atom stereocenters. The van der Waals surface area contributed by atoms with E-state index in [1.54, 1.807) is 25.1 Å². The number of ketones is 2. The Labute approximate surface area is 169 Å². The molecule has 0 amide bonds. The summed E-state index contributed by atoms with van der Waals surface area (Å²) in [5.41, 5.74) is 0.533. The van der Waals surface area contributed by atoms with Gasteiger partial charge in [-0.05, 0) is 31.2 Å². The second kappa shape index (κ2) is 8.31. The highest BCUT2D eigenvalue weighted by molar-refractivity contribution is 9.10. The van der Waals surface area contributed by atoms with Gasteiger partial charge in [-0.25, -0.2) is 9.78 Å². The Hall–Kier alpha value is -3.06. The first-order chi connectivity index (χ1) is 13.4. The number of hydrogen-bond acceptors (Lipinski definition) is 6. The SMILES string of the molecule is CCOC(=O)c1cc(Br)cc(C(=O)CC(=O)c2ccc3ccccc3n2)c1O. The minimum absolute atomic E-state index is 0.125. The van der Waals surface area contributed by atoms with Gasteiger partial charge >= 0.3 is 5.97 Å². The molecule has 6 nitrogen and oxygen atoms in total. The zero-order valence-corrected chi connectivity index (χ0v) is 16.5. The number of esters is 1. The quantitative estimate of drug-likeness (QED) is 0.347. The van der Waals surface area contributed by atoms with Gasteiger partial charge in [0.05, 0.1) is 24.1 Å². The molecule has 1 N–H and O–H groups in total. The molecule has 1 aromatic heterocycles. The lowest BCUT2D eigenvalue weighted by molar-refractivity contribution is 0.0523. The summed E-state index contributed by atoms with van der Waals surface area (Å²) in [5, 5.41) is 11.2. The van der Waals surface area contributed by atoms with Gasteiger partial charge in [-0.15, -0.1) is 0 Å². The van der Waals surface area contributed by atoms with Crippen molar-refractivity contribution in [3.05, 3.63) is 69.8 Å². The predicted octanol–water partition coefficient (Wildman–Crippen LogP) is 4.34. The van der Waals surface area contributed by atoms with Crippen LogP contribution in [0.1, 0.15) is 44.5 Å². The molecule has 0 saturated heterocycles. The van der Waals surface area contributed by atoms with Crippen LogP contribution < -0.4 is 0 Å². The smallest absolute Gasteiger partial charge is 0.341 e. The molecule has 28 heavy (non-hydrogen) atoms. The first kappa shape index (κ1) is 19.7. The lowest BCUT2D eigenvalue weighted by Crippen LogP contribution is -2.12. The van der Waals surface area contributed by atoms with E-state index >= 15 is 0 Å². The Morgan fingerprint density at radius 2 is 1.75 bits per heavy atom. The first-order valence-corrected chi connectivity index (χ1v) is 9.31. The molecule has 1 heterocycles. The van der Waals surface area contributed by atoms with Crippen molar-refractivity contribution in [1.29, 1.82) is 0 Å². The second-order valence-electron chi connectivity index (χ2n) is 5.98. The van der Waals surface area contributed by atoms with Gasteiger partial charge in [0.1, 0.15) is 17.0 Å². The van der Waals surface area contributed by atoms with Crippen molar-refractivity contribution in [3.63, 3.8) is 0 Å². The first-order valence-electron chi connectivity index (χ1n) is 8.52. The number of ether oxygens (including phenoxy) is 1. The fraction of sp³-hybridized carbons (Fsp3) is 0.143. The van der Waals surface area contributed by atoms with Gasteiger partial charge in [-0.3, -0.25) is 9.59 Å². The second-order valence-corrected chi connectivity index (χ2v) is 6.90. The van der Waals surface area contributed by atoms with Crippen molar-refractivity contribution in [2.24, 2.45) is 0 Å². The molecule has 2 aromatic carbocycles. The Morgan fingerprint density at radius 3 is 2.50 bits per heavy atom. The van der Waals surface area contributed by atoms with Gasteiger partial charge in [-0.1, -0.05) is 40.2 Å². The van der Waals surface area contributed by atoms with E-state index in [9.17, 15) is 19.5 Å². The molecule has 142 valence electrons. The molecule has 0 atom stereocenters. The fourth-order valence-electron chi connectivity index (χ4n) is 2.73. The third-order valence-corrected chi connectivity index (χ3v) is 4.53. The van der Waals surface area contributed by atoms with Crippen molar-refractivity contribution in [3.8, 4) is 5.75 Å². The van der Waals surface area contributed by atoms with Crippen LogP contribution in [0, 0.1) is 0 Å². The van der Waals surface area contributed by atoms with Gasteiger partial charge in [0.15, 0.2) is 11.6 Å². The number of carbonyl (C=O) groups excluding carboxylic acids is 3. The third-order valence-electron chi connectivity index (χ3n) is 4.08. The Bertz CT molecular complexity index is 1090. The van der Waals surface area contributed by atoms with Crippen molar-refractivity contribution < 1.29 is 24.2 Å². The minimum atomic E-state index is -0.752. The van der Waals surface area contributed by atoms with Crippen LogP contribution in [-0.4, -0.2) is 34.2 Å². The number of phenols is 1. The van der Waals surface area contributed by atoms with Crippen LogP contribution in [0.3, 0.4) is 0 Å². The lowest BCUT2D eigenvalue weighted by Gasteiger charge is -2.10. The average molecular weight is 442 g/mol. The number of rotatable bonds is 6. The van der Waals surface area contributed by atoms with Gasteiger partial charge in [0.2, 0.25) is 0 Å². The molecule has 0 aliphatic carbocycles. The molecule has 7 heteroatoms. The number of halogens is 1. The highest BCUT2D eigenvalue weighted by atomic mass is 79.9. The number of hydrogen-bond donors (Lipinski definition) is 1. The van der Waals surface area contributed by atoms with E-state index in [0.29, 0.717) is 9.99 Å². The van der Waals surface area contributed by atoms with E-state index in [2.05, 4.69) is 20.9 Å². The molecule has 0 aliphatic rings. The summed E-state index contributed by atoms with van der Waals surface area (Å²) >= 11 is 3.20. The molecule has 0 aliphatic heterocycles. The summed E-state index contributed by atoms with van der Waals surface area (Å²) in [6.07, 6.45) is -0.488. The molecule has 0 bridgehead atoms. The topological polar surface area (TPSA) is 93.6 Å². The van der Waals surface area contributed by atoms with Crippen LogP contribution in [0.25, 0.3) is 10.9 Å². The number of aromatic nitrogens is 1. The molecule has 3 aromatic rings. The van der Waals surface area contributed by atoms with E-state index in [1.807, 2.05) is 18.2 Å². The van der Waals surface area contributed by atoms with Crippen LogP contribution in [0.5, 0.6) is 5.75 Å². The monoisotopic (exact) mass is 441 g/mol. The number of Topliss-reactive ketones (excluding diaryl/α,β-unsaturated/α-hetero) is 2. The van der Waals surface area contributed by atoms with Gasteiger partial charge in [-0.2, -0.15) is 0 Å². The molecule has 0 radical (unpaired) electrons. The normalized spacial score (nSPS) is 10.6. The number of carbonyl (C=O) groups is 3. The maximum absolute atomic E-state index is 12.6. The number of pyridine rings is 1. The molecule has 0 saturated carbocycles. The Morgan fingerprint density at radius 1 is 1.04 bits per heavy atom. The molecular formula is C21H16BrNO5. The standard InChI is InChI=1S/C21H16BrNO5/c1-2-28-21(27)15-10-13(22)9-14(20(15)26)18(24)11-19(25)17-8-7-12-5-3-4-6-16(12)23-17/h3-10,26H,2,11H2,1H3. The van der Waals surface area contributed by atoms with E-state index in [0.717, 1.165) is 5.39 Å². The van der Waals surface area contributed by atoms with Crippen LogP contribution in [0.2, 0.25) is 0 Å². The van der Waals surface area contributed by atoms with E-state index in [4.69, 9.17) is 4.74 Å². The summed E-state index contributed by atoms with van der Waals surface area (Å²) in [6, 6.07) is 13.4. The van der Waals surface area contributed by atoms with Crippen molar-refractivity contribution in [2.45, 2.75) is 13.3 Å². The van der Waals surface area contributed by atoms with Crippen LogP contribution in [0.15, 0.2) is 53.0 Å². The Kier molecular flexibility index (Phi) is 5.84. The van der Waals surface area contributed by atoms with Gasteiger partial charge < -0.3 is 9.84 Å². The maximum Gasteiger partial charge on any atom is 0.341 e. The highest BCUT2D eigenvalue weighted by Gasteiger charge is 2.23. The fourth-order valence-corrected chi connectivity index (χ4v) is 3.19. The molecule has 0 fully saturated rings. The van der Waals surface area contributed by atoms with Gasteiger partial charge in [0.25, 0.3) is 0 Å².